The van der Waals surface area contributed by atoms with E-state index in [1.165, 1.54) is 0 Å². The molecule has 8 heteroatoms. The number of rotatable bonds is 10. The van der Waals surface area contributed by atoms with Gasteiger partial charge in [-0.15, -0.1) is 0 Å². The zero-order valence-electron chi connectivity index (χ0n) is 21.6. The van der Waals surface area contributed by atoms with Crippen LogP contribution in [0.4, 0.5) is 0 Å². The van der Waals surface area contributed by atoms with Gasteiger partial charge in [-0.25, -0.2) is 4.79 Å². The van der Waals surface area contributed by atoms with Crippen molar-refractivity contribution >= 4 is 17.8 Å². The van der Waals surface area contributed by atoms with Crippen LogP contribution in [0.25, 0.3) is 11.1 Å². The number of amides is 2. The molecule has 194 valence electrons. The fraction of sp³-hybridized carbons (Fsp3) is 0.310. The number of aryl methyl sites for hydroxylation is 1. The summed E-state index contributed by atoms with van der Waals surface area (Å²) < 4.78 is 11.3. The number of primary amides is 1. The van der Waals surface area contributed by atoms with Crippen LogP contribution in [0.15, 0.2) is 67.0 Å². The van der Waals surface area contributed by atoms with Crippen LogP contribution in [-0.2, 0) is 20.9 Å². The van der Waals surface area contributed by atoms with Crippen LogP contribution in [0, 0.1) is 6.92 Å². The van der Waals surface area contributed by atoms with Gasteiger partial charge in [-0.3, -0.25) is 14.6 Å². The molecular weight excluding hydrogens is 470 g/mol. The number of ether oxygens (including phenoxy) is 2. The van der Waals surface area contributed by atoms with Gasteiger partial charge in [-0.1, -0.05) is 30.3 Å². The third-order valence-electron chi connectivity index (χ3n) is 5.48. The summed E-state index contributed by atoms with van der Waals surface area (Å²) in [5.74, 6) is -1.02. The van der Waals surface area contributed by atoms with E-state index in [0.29, 0.717) is 16.9 Å². The van der Waals surface area contributed by atoms with Crippen molar-refractivity contribution in [1.82, 2.24) is 10.3 Å². The van der Waals surface area contributed by atoms with E-state index in [0.717, 1.165) is 16.7 Å². The van der Waals surface area contributed by atoms with E-state index < -0.39 is 29.4 Å². The smallest absolute Gasteiger partial charge is 0.329 e. The minimum absolute atomic E-state index is 0.0344. The molecule has 0 unspecified atom stereocenters. The molecule has 0 aliphatic heterocycles. The second kappa shape index (κ2) is 12.2. The van der Waals surface area contributed by atoms with E-state index in [4.69, 9.17) is 15.2 Å². The summed E-state index contributed by atoms with van der Waals surface area (Å²) in [6.07, 6.45) is 3.27. The van der Waals surface area contributed by atoms with Gasteiger partial charge >= 0.3 is 5.97 Å². The molecule has 2 amide bonds. The highest BCUT2D eigenvalue weighted by Crippen LogP contribution is 2.29. The summed E-state index contributed by atoms with van der Waals surface area (Å²) in [5, 5.41) is 2.76. The fourth-order valence-electron chi connectivity index (χ4n) is 3.72. The van der Waals surface area contributed by atoms with Crippen molar-refractivity contribution in [2.24, 2.45) is 5.73 Å². The van der Waals surface area contributed by atoms with Crippen molar-refractivity contribution in [1.29, 1.82) is 0 Å². The highest BCUT2D eigenvalue weighted by molar-refractivity contribution is 6.03. The Balaban J connectivity index is 1.92. The average Bonchev–Trinajstić information content (AvgIpc) is 2.84. The molecule has 0 spiro atoms. The maximum Gasteiger partial charge on any atom is 0.329 e. The lowest BCUT2D eigenvalue weighted by Gasteiger charge is -2.25. The van der Waals surface area contributed by atoms with Crippen molar-refractivity contribution in [3.05, 3.63) is 83.7 Å². The lowest BCUT2D eigenvalue weighted by Crippen LogP contribution is -2.44. The van der Waals surface area contributed by atoms with E-state index in [1.54, 1.807) is 51.4 Å². The Morgan fingerprint density at radius 2 is 1.78 bits per heavy atom. The Kier molecular flexibility index (Phi) is 9.00. The Bertz CT molecular complexity index is 1250. The molecule has 0 aliphatic rings. The van der Waals surface area contributed by atoms with Crippen LogP contribution >= 0.6 is 0 Å². The molecular formula is C29H33N3O5. The number of carbonyl (C=O) groups is 3. The predicted octanol–water partition coefficient (Wildman–Crippen LogP) is 4.34. The first-order valence-electron chi connectivity index (χ1n) is 12.1. The second-order valence-corrected chi connectivity index (χ2v) is 9.74. The van der Waals surface area contributed by atoms with Crippen molar-refractivity contribution < 1.29 is 23.9 Å². The molecule has 0 aliphatic carbocycles. The van der Waals surface area contributed by atoms with E-state index in [9.17, 15) is 14.4 Å². The van der Waals surface area contributed by atoms with E-state index >= 15 is 0 Å². The number of hydrogen-bond acceptors (Lipinski definition) is 6. The number of carbonyl (C=O) groups excluding carboxylic acids is 3. The topological polar surface area (TPSA) is 121 Å². The SMILES string of the molecule is Cc1ccccc1-c1cc(COc2cccnc2)ccc1C(=O)N[C@@H](CCC(N)=O)C(=O)OC(C)(C)C. The van der Waals surface area contributed by atoms with Crippen molar-refractivity contribution in [3.8, 4) is 16.9 Å². The molecule has 1 heterocycles. The number of nitrogens with two attached hydrogens (primary N) is 1. The van der Waals surface area contributed by atoms with E-state index in [1.807, 2.05) is 43.3 Å². The quantitative estimate of drug-likeness (QED) is 0.397. The first-order chi connectivity index (χ1) is 17.5. The highest BCUT2D eigenvalue weighted by Gasteiger charge is 2.28. The molecule has 2 aromatic carbocycles. The maximum atomic E-state index is 13.5. The minimum Gasteiger partial charge on any atom is -0.487 e. The van der Waals surface area contributed by atoms with Crippen LogP contribution in [0.1, 0.15) is 55.1 Å². The van der Waals surface area contributed by atoms with Gasteiger partial charge in [0.1, 0.15) is 24.0 Å². The zero-order valence-corrected chi connectivity index (χ0v) is 21.6. The Hall–Kier alpha value is -4.20. The van der Waals surface area contributed by atoms with Crippen molar-refractivity contribution in [2.45, 2.75) is 58.8 Å². The minimum atomic E-state index is -1.03. The number of nitrogens with zero attached hydrogens (tertiary/aromatic N) is 1. The summed E-state index contributed by atoms with van der Waals surface area (Å²) in [6, 6.07) is 15.7. The number of benzene rings is 2. The van der Waals surface area contributed by atoms with Gasteiger partial charge in [0.15, 0.2) is 0 Å². The first-order valence-corrected chi connectivity index (χ1v) is 12.1. The van der Waals surface area contributed by atoms with Crippen molar-refractivity contribution in [2.75, 3.05) is 0 Å². The fourth-order valence-corrected chi connectivity index (χ4v) is 3.72. The summed E-state index contributed by atoms with van der Waals surface area (Å²) >= 11 is 0. The monoisotopic (exact) mass is 503 g/mol. The number of pyridine rings is 1. The third kappa shape index (κ3) is 8.17. The van der Waals surface area contributed by atoms with Gasteiger partial charge in [0.25, 0.3) is 5.91 Å². The average molecular weight is 504 g/mol. The summed E-state index contributed by atoms with van der Waals surface area (Å²) in [7, 11) is 0. The molecule has 1 aromatic heterocycles. The van der Waals surface area contributed by atoms with E-state index in [2.05, 4.69) is 10.3 Å². The molecule has 0 bridgehead atoms. The molecule has 0 saturated carbocycles. The van der Waals surface area contributed by atoms with Crippen LogP contribution in [0.5, 0.6) is 5.75 Å². The van der Waals surface area contributed by atoms with E-state index in [-0.39, 0.29) is 19.4 Å². The summed E-state index contributed by atoms with van der Waals surface area (Å²) in [5.41, 5.74) is 8.34. The second-order valence-electron chi connectivity index (χ2n) is 9.74. The normalized spacial score (nSPS) is 11.9. The molecule has 8 nitrogen and oxygen atoms in total. The van der Waals surface area contributed by atoms with Crippen LogP contribution in [0.3, 0.4) is 0 Å². The van der Waals surface area contributed by atoms with Gasteiger partial charge in [0.2, 0.25) is 5.91 Å². The van der Waals surface area contributed by atoms with Crippen LogP contribution in [-0.4, -0.2) is 34.4 Å². The zero-order chi connectivity index (χ0) is 27.0. The van der Waals surface area contributed by atoms with Gasteiger partial charge in [0.05, 0.1) is 6.20 Å². The van der Waals surface area contributed by atoms with Gasteiger partial charge in [-0.05, 0) is 80.6 Å². The molecule has 37 heavy (non-hydrogen) atoms. The molecule has 3 N–H and O–H groups in total. The molecule has 0 fully saturated rings. The van der Waals surface area contributed by atoms with Gasteiger partial charge in [0, 0.05) is 18.2 Å². The number of esters is 1. The number of nitrogens with one attached hydrogen (secondary N) is 1. The Labute approximate surface area is 217 Å². The number of hydrogen-bond donors (Lipinski definition) is 2. The Morgan fingerprint density at radius 1 is 1.03 bits per heavy atom. The molecule has 3 rings (SSSR count). The first kappa shape index (κ1) is 27.4. The summed E-state index contributed by atoms with van der Waals surface area (Å²) in [6.45, 7) is 7.46. The number of aromatic nitrogens is 1. The molecule has 3 aromatic rings. The molecule has 0 radical (unpaired) electrons. The standard InChI is InChI=1S/C29H33N3O5/c1-19-8-5-6-10-22(19)24-16-20(18-36-21-9-7-15-31-17-21)11-12-23(24)27(34)32-25(13-14-26(30)33)28(35)37-29(2,3)4/h5-12,15-17,25H,13-14,18H2,1-4H3,(H2,30,33)(H,32,34)/t25-/m0/s1. The van der Waals surface area contributed by atoms with Crippen LogP contribution in [0.2, 0.25) is 0 Å². The lowest BCUT2D eigenvalue weighted by molar-refractivity contribution is -0.157. The largest absolute Gasteiger partial charge is 0.487 e. The molecule has 0 saturated heterocycles. The van der Waals surface area contributed by atoms with Gasteiger partial charge < -0.3 is 20.5 Å². The third-order valence-corrected chi connectivity index (χ3v) is 5.48. The predicted molar refractivity (Wildman–Crippen MR) is 141 cm³/mol. The summed E-state index contributed by atoms with van der Waals surface area (Å²) in [4.78, 5) is 41.7. The maximum absolute atomic E-state index is 13.5. The van der Waals surface area contributed by atoms with Gasteiger partial charge in [-0.2, -0.15) is 0 Å². The van der Waals surface area contributed by atoms with Crippen LogP contribution < -0.4 is 15.8 Å². The highest BCUT2D eigenvalue weighted by atomic mass is 16.6. The Morgan fingerprint density at radius 3 is 2.43 bits per heavy atom. The molecule has 1 atom stereocenters. The van der Waals surface area contributed by atoms with Crippen molar-refractivity contribution in [3.63, 3.8) is 0 Å². The lowest BCUT2D eigenvalue weighted by atomic mass is 9.93.